The Bertz CT molecular complexity index is 582. The molecule has 0 amide bonds. The molecule has 6 heteroatoms. The van der Waals surface area contributed by atoms with Crippen molar-refractivity contribution in [2.45, 2.75) is 45.8 Å². The number of hydrogen-bond acceptors (Lipinski definition) is 5. The highest BCUT2D eigenvalue weighted by atomic mass is 32.2. The van der Waals surface area contributed by atoms with Crippen molar-refractivity contribution in [1.82, 2.24) is 14.7 Å². The second-order valence-corrected chi connectivity index (χ2v) is 8.24. The van der Waals surface area contributed by atoms with E-state index in [0.717, 1.165) is 23.1 Å². The topological polar surface area (TPSA) is 32.6 Å². The molecule has 2 heterocycles. The lowest BCUT2D eigenvalue weighted by Gasteiger charge is -2.26. The molecule has 0 saturated heterocycles. The van der Waals surface area contributed by atoms with Gasteiger partial charge in [0.05, 0.1) is 5.69 Å². The Hall–Kier alpha value is -0.720. The highest BCUT2D eigenvalue weighted by Gasteiger charge is 2.21. The molecule has 21 heavy (non-hydrogen) atoms. The summed E-state index contributed by atoms with van der Waals surface area (Å²) in [6, 6.07) is 0.470. The van der Waals surface area contributed by atoms with E-state index < -0.39 is 0 Å². The molecule has 4 nitrogen and oxygen atoms in total. The van der Waals surface area contributed by atoms with Crippen LogP contribution in [0.4, 0.5) is 5.82 Å². The summed E-state index contributed by atoms with van der Waals surface area (Å²) in [5, 5.41) is 5.68. The van der Waals surface area contributed by atoms with E-state index in [9.17, 15) is 0 Å². The van der Waals surface area contributed by atoms with Gasteiger partial charge >= 0.3 is 0 Å². The average Bonchev–Trinajstić information content (AvgIpc) is 2.95. The predicted molar refractivity (Wildman–Crippen MR) is 95.9 cm³/mol. The molecule has 0 aliphatic heterocycles. The first kappa shape index (κ1) is 16.6. The predicted octanol–water partition coefficient (Wildman–Crippen LogP) is 3.47. The number of hydrogen-bond donors (Lipinski definition) is 1. The third kappa shape index (κ3) is 3.93. The van der Waals surface area contributed by atoms with E-state index in [4.69, 9.17) is 4.98 Å². The monoisotopic (exact) mass is 326 g/mol. The van der Waals surface area contributed by atoms with Crippen LogP contribution in [0.1, 0.15) is 33.4 Å². The summed E-state index contributed by atoms with van der Waals surface area (Å²) in [5.74, 6) is 2.20. The van der Waals surface area contributed by atoms with Gasteiger partial charge in [0.2, 0.25) is 0 Å². The van der Waals surface area contributed by atoms with Crippen LogP contribution in [0.3, 0.4) is 0 Å². The number of aromatic nitrogens is 2. The van der Waals surface area contributed by atoms with Gasteiger partial charge in [-0.25, -0.2) is 4.98 Å². The molecule has 2 aromatic heterocycles. The van der Waals surface area contributed by atoms with Crippen molar-refractivity contribution in [2.75, 3.05) is 24.0 Å². The number of rotatable bonds is 6. The van der Waals surface area contributed by atoms with Crippen LogP contribution in [0.15, 0.2) is 11.6 Å². The highest BCUT2D eigenvalue weighted by Crippen LogP contribution is 2.26. The minimum Gasteiger partial charge on any atom is -0.355 e. The third-order valence-corrected chi connectivity index (χ3v) is 5.10. The molecule has 2 aromatic rings. The van der Waals surface area contributed by atoms with E-state index in [1.807, 2.05) is 11.8 Å². The lowest BCUT2D eigenvalue weighted by atomic mass is 10.1. The SMILES string of the molecule is CSCC(C)N(C)c1nc2sccn2c1CNC(C)(C)C. The van der Waals surface area contributed by atoms with E-state index in [1.165, 1.54) is 5.69 Å². The molecule has 118 valence electrons. The smallest absolute Gasteiger partial charge is 0.195 e. The summed E-state index contributed by atoms with van der Waals surface area (Å²) >= 11 is 3.57. The molecule has 0 radical (unpaired) electrons. The van der Waals surface area contributed by atoms with Gasteiger partial charge in [0.15, 0.2) is 10.8 Å². The van der Waals surface area contributed by atoms with E-state index in [1.54, 1.807) is 11.3 Å². The first-order valence-corrected chi connectivity index (χ1v) is 9.52. The van der Waals surface area contributed by atoms with Crippen molar-refractivity contribution in [3.8, 4) is 0 Å². The zero-order valence-electron chi connectivity index (χ0n) is 13.8. The van der Waals surface area contributed by atoms with Crippen LogP contribution in [-0.4, -0.2) is 40.0 Å². The maximum atomic E-state index is 4.83. The minimum absolute atomic E-state index is 0.0981. The van der Waals surface area contributed by atoms with Gasteiger partial charge in [0.1, 0.15) is 0 Å². The van der Waals surface area contributed by atoms with Gasteiger partial charge in [0, 0.05) is 42.5 Å². The van der Waals surface area contributed by atoms with Crippen molar-refractivity contribution < 1.29 is 0 Å². The number of thiazole rings is 1. The second-order valence-electron chi connectivity index (χ2n) is 6.46. The zero-order chi connectivity index (χ0) is 15.6. The Kier molecular flexibility index (Phi) is 5.22. The molecule has 0 saturated carbocycles. The van der Waals surface area contributed by atoms with Gasteiger partial charge in [-0.15, -0.1) is 11.3 Å². The summed E-state index contributed by atoms with van der Waals surface area (Å²) in [6.45, 7) is 9.66. The summed E-state index contributed by atoms with van der Waals surface area (Å²) in [7, 11) is 2.15. The lowest BCUT2D eigenvalue weighted by molar-refractivity contribution is 0.420. The van der Waals surface area contributed by atoms with Crippen molar-refractivity contribution >= 4 is 33.9 Å². The fourth-order valence-corrected chi connectivity index (χ4v) is 3.61. The molecule has 0 aliphatic rings. The number of anilines is 1. The third-order valence-electron chi connectivity index (χ3n) is 3.53. The van der Waals surface area contributed by atoms with Gasteiger partial charge in [0.25, 0.3) is 0 Å². The Labute approximate surface area is 135 Å². The maximum absolute atomic E-state index is 4.83. The molecule has 1 N–H and O–H groups in total. The molecule has 1 atom stereocenters. The number of fused-ring (bicyclic) bond motifs is 1. The number of thioether (sulfide) groups is 1. The lowest BCUT2D eigenvalue weighted by Crippen LogP contribution is -2.37. The Morgan fingerprint density at radius 2 is 2.19 bits per heavy atom. The van der Waals surface area contributed by atoms with Crippen LogP contribution in [0, 0.1) is 0 Å². The Balaban J connectivity index is 2.31. The van der Waals surface area contributed by atoms with Crippen molar-refractivity contribution in [3.05, 3.63) is 17.3 Å². The van der Waals surface area contributed by atoms with Crippen LogP contribution in [0.5, 0.6) is 0 Å². The fourth-order valence-electron chi connectivity index (χ4n) is 2.18. The first-order valence-electron chi connectivity index (χ1n) is 7.24. The summed E-state index contributed by atoms with van der Waals surface area (Å²) in [5.41, 5.74) is 1.34. The van der Waals surface area contributed by atoms with Crippen molar-refractivity contribution in [1.29, 1.82) is 0 Å². The minimum atomic E-state index is 0.0981. The molecular weight excluding hydrogens is 300 g/mol. The van der Waals surface area contributed by atoms with Crippen LogP contribution in [0.25, 0.3) is 4.96 Å². The van der Waals surface area contributed by atoms with E-state index >= 15 is 0 Å². The van der Waals surface area contributed by atoms with Crippen LogP contribution in [-0.2, 0) is 6.54 Å². The fraction of sp³-hybridized carbons (Fsp3) is 0.667. The van der Waals surface area contributed by atoms with Gasteiger partial charge in [-0.1, -0.05) is 0 Å². The van der Waals surface area contributed by atoms with Gasteiger partial charge < -0.3 is 10.2 Å². The maximum Gasteiger partial charge on any atom is 0.195 e. The molecule has 0 aromatic carbocycles. The van der Waals surface area contributed by atoms with Crippen molar-refractivity contribution in [2.24, 2.45) is 0 Å². The molecule has 2 rings (SSSR count). The normalized spacial score (nSPS) is 13.8. The molecule has 0 bridgehead atoms. The molecule has 0 fully saturated rings. The second kappa shape index (κ2) is 6.58. The van der Waals surface area contributed by atoms with Crippen LogP contribution < -0.4 is 10.2 Å². The Morgan fingerprint density at radius 1 is 1.48 bits per heavy atom. The molecule has 1 unspecified atom stereocenters. The first-order chi connectivity index (χ1) is 9.83. The quantitative estimate of drug-likeness (QED) is 0.881. The van der Waals surface area contributed by atoms with E-state index in [2.05, 4.69) is 67.2 Å². The summed E-state index contributed by atoms with van der Waals surface area (Å²) in [4.78, 5) is 8.20. The van der Waals surface area contributed by atoms with E-state index in [-0.39, 0.29) is 5.54 Å². The largest absolute Gasteiger partial charge is 0.355 e. The van der Waals surface area contributed by atoms with Crippen LogP contribution >= 0.6 is 23.1 Å². The number of nitrogens with zero attached hydrogens (tertiary/aromatic N) is 3. The van der Waals surface area contributed by atoms with E-state index in [0.29, 0.717) is 6.04 Å². The van der Waals surface area contributed by atoms with Crippen molar-refractivity contribution in [3.63, 3.8) is 0 Å². The molecule has 0 aliphatic carbocycles. The number of imidazole rings is 1. The highest BCUT2D eigenvalue weighted by molar-refractivity contribution is 7.98. The zero-order valence-corrected chi connectivity index (χ0v) is 15.4. The number of nitrogens with one attached hydrogen (secondary N) is 1. The van der Waals surface area contributed by atoms with Gasteiger partial charge in [-0.05, 0) is 34.0 Å². The summed E-state index contributed by atoms with van der Waals surface area (Å²) < 4.78 is 2.21. The summed E-state index contributed by atoms with van der Waals surface area (Å²) in [6.07, 6.45) is 4.27. The molecule has 0 spiro atoms. The van der Waals surface area contributed by atoms with Gasteiger partial charge in [-0.2, -0.15) is 11.8 Å². The molecular formula is C15H26N4S2. The standard InChI is InChI=1S/C15H26N4S2/c1-11(10-20-6)18(5)13-12(9-16-15(2,3)4)19-7-8-21-14(19)17-13/h7-8,11,16H,9-10H2,1-6H3. The van der Waals surface area contributed by atoms with Crippen LogP contribution in [0.2, 0.25) is 0 Å². The Morgan fingerprint density at radius 3 is 2.81 bits per heavy atom. The average molecular weight is 327 g/mol. The van der Waals surface area contributed by atoms with Gasteiger partial charge in [-0.3, -0.25) is 4.40 Å².